The van der Waals surface area contributed by atoms with E-state index < -0.39 is 0 Å². The van der Waals surface area contributed by atoms with Crippen LogP contribution in [0.1, 0.15) is 40.5 Å². The lowest BCUT2D eigenvalue weighted by Crippen LogP contribution is -2.46. The van der Waals surface area contributed by atoms with Crippen LogP contribution in [-0.4, -0.2) is 59.3 Å². The van der Waals surface area contributed by atoms with Gasteiger partial charge in [0.25, 0.3) is 5.91 Å². The number of benzene rings is 1. The minimum absolute atomic E-state index is 0.0394. The van der Waals surface area contributed by atoms with Crippen molar-refractivity contribution in [3.8, 4) is 5.75 Å². The number of hydrogen-bond donors (Lipinski definition) is 3. The molecule has 156 valence electrons. The van der Waals surface area contributed by atoms with E-state index in [1.54, 1.807) is 7.11 Å². The molecule has 2 fully saturated rings. The minimum Gasteiger partial charge on any atom is -0.497 e. The molecule has 5 rings (SSSR count). The lowest BCUT2D eigenvalue weighted by atomic mass is 10.0. The first-order chi connectivity index (χ1) is 14.6. The van der Waals surface area contributed by atoms with Crippen LogP contribution >= 0.6 is 0 Å². The van der Waals surface area contributed by atoms with Gasteiger partial charge in [-0.15, -0.1) is 0 Å². The van der Waals surface area contributed by atoms with E-state index in [9.17, 15) is 4.79 Å². The maximum atomic E-state index is 13.3. The molecular formula is C22H26N6O2. The highest BCUT2D eigenvalue weighted by Gasteiger charge is 2.26. The van der Waals surface area contributed by atoms with Crippen molar-refractivity contribution in [3.63, 3.8) is 0 Å². The van der Waals surface area contributed by atoms with Crippen LogP contribution in [0.4, 0.5) is 11.6 Å². The molecular weight excluding hydrogens is 380 g/mol. The quantitative estimate of drug-likeness (QED) is 0.603. The van der Waals surface area contributed by atoms with Crippen LogP contribution < -0.4 is 15.4 Å². The monoisotopic (exact) mass is 406 g/mol. The lowest BCUT2D eigenvalue weighted by molar-refractivity contribution is 0.0729. The minimum atomic E-state index is -0.0394. The number of nitrogens with one attached hydrogen (secondary N) is 3. The van der Waals surface area contributed by atoms with E-state index in [4.69, 9.17) is 9.72 Å². The summed E-state index contributed by atoms with van der Waals surface area (Å²) in [6.45, 7) is 4.92. The van der Waals surface area contributed by atoms with E-state index in [0.717, 1.165) is 40.9 Å². The zero-order valence-corrected chi connectivity index (χ0v) is 17.3. The highest BCUT2D eigenvalue weighted by atomic mass is 16.5. The molecule has 1 aliphatic carbocycles. The molecule has 8 nitrogen and oxygen atoms in total. The lowest BCUT2D eigenvalue weighted by Gasteiger charge is -2.28. The summed E-state index contributed by atoms with van der Waals surface area (Å²) in [6, 6.07) is 7.88. The van der Waals surface area contributed by atoms with E-state index >= 15 is 0 Å². The largest absolute Gasteiger partial charge is 0.497 e. The Balaban J connectivity index is 1.58. The summed E-state index contributed by atoms with van der Waals surface area (Å²) in [7, 11) is 1.65. The molecule has 0 bridgehead atoms. The van der Waals surface area contributed by atoms with Crippen molar-refractivity contribution >= 4 is 28.3 Å². The van der Waals surface area contributed by atoms with Gasteiger partial charge in [0.05, 0.1) is 7.11 Å². The molecule has 3 aromatic rings. The van der Waals surface area contributed by atoms with Gasteiger partial charge in [0.15, 0.2) is 5.82 Å². The van der Waals surface area contributed by atoms with E-state index in [-0.39, 0.29) is 5.91 Å². The second-order valence-electron chi connectivity index (χ2n) is 8.00. The van der Waals surface area contributed by atoms with E-state index in [1.165, 1.54) is 12.8 Å². The van der Waals surface area contributed by atoms with Gasteiger partial charge in [0.1, 0.15) is 17.3 Å². The number of ether oxygens (including phenoxy) is 1. The fraction of sp³-hybridized carbons (Fsp3) is 0.409. The van der Waals surface area contributed by atoms with Crippen molar-refractivity contribution in [2.45, 2.75) is 25.7 Å². The summed E-state index contributed by atoms with van der Waals surface area (Å²) in [6.07, 6.45) is 2.41. The zero-order valence-electron chi connectivity index (χ0n) is 17.3. The Morgan fingerprint density at radius 2 is 2.00 bits per heavy atom. The van der Waals surface area contributed by atoms with Crippen molar-refractivity contribution in [2.75, 3.05) is 38.6 Å². The first kappa shape index (κ1) is 18.9. The van der Waals surface area contributed by atoms with Crippen LogP contribution in [0.5, 0.6) is 5.75 Å². The third kappa shape index (κ3) is 3.47. The number of aromatic amines is 1. The smallest absolute Gasteiger partial charge is 0.272 e. The molecule has 30 heavy (non-hydrogen) atoms. The summed E-state index contributed by atoms with van der Waals surface area (Å²) in [5.74, 6) is 2.64. The number of rotatable bonds is 5. The maximum Gasteiger partial charge on any atom is 0.272 e. The molecule has 1 amide bonds. The summed E-state index contributed by atoms with van der Waals surface area (Å²) in [4.78, 5) is 19.9. The Labute approximate surface area is 175 Å². The third-order valence-electron chi connectivity index (χ3n) is 5.93. The molecule has 0 unspecified atom stereocenters. The first-order valence-electron chi connectivity index (χ1n) is 10.4. The van der Waals surface area contributed by atoms with Crippen molar-refractivity contribution in [3.05, 3.63) is 41.2 Å². The second kappa shape index (κ2) is 7.60. The topological polar surface area (TPSA) is 95.2 Å². The molecule has 1 saturated heterocycles. The number of piperazine rings is 1. The molecule has 0 spiro atoms. The molecule has 1 aromatic carbocycles. The van der Waals surface area contributed by atoms with Crippen LogP contribution in [0, 0.1) is 6.92 Å². The van der Waals surface area contributed by atoms with Gasteiger partial charge in [-0.05, 0) is 48.9 Å². The summed E-state index contributed by atoms with van der Waals surface area (Å²) in [5, 5.41) is 16.0. The van der Waals surface area contributed by atoms with Gasteiger partial charge in [-0.2, -0.15) is 5.10 Å². The Morgan fingerprint density at radius 1 is 1.20 bits per heavy atom. The maximum absolute atomic E-state index is 13.3. The number of methoxy groups -OCH3 is 1. The van der Waals surface area contributed by atoms with Crippen molar-refractivity contribution in [2.24, 2.45) is 0 Å². The molecule has 3 N–H and O–H groups in total. The van der Waals surface area contributed by atoms with Gasteiger partial charge >= 0.3 is 0 Å². The van der Waals surface area contributed by atoms with Crippen LogP contribution in [0.2, 0.25) is 0 Å². The number of pyridine rings is 1. The van der Waals surface area contributed by atoms with Crippen molar-refractivity contribution < 1.29 is 9.53 Å². The number of carbonyl (C=O) groups excluding carboxylic acids is 1. The molecule has 3 heterocycles. The Bertz CT molecular complexity index is 1100. The van der Waals surface area contributed by atoms with Crippen molar-refractivity contribution in [1.29, 1.82) is 0 Å². The Morgan fingerprint density at radius 3 is 2.73 bits per heavy atom. The molecule has 0 radical (unpaired) electrons. The number of carbonyl (C=O) groups is 1. The average molecular weight is 406 g/mol. The molecule has 2 aliphatic rings. The molecule has 0 atom stereocenters. The zero-order chi connectivity index (χ0) is 20.7. The van der Waals surface area contributed by atoms with Gasteiger partial charge in [-0.1, -0.05) is 0 Å². The number of anilines is 2. The number of H-pyrrole nitrogens is 1. The number of nitrogens with zero attached hydrogens (tertiary/aromatic N) is 3. The van der Waals surface area contributed by atoms with Crippen LogP contribution in [-0.2, 0) is 0 Å². The molecule has 1 saturated carbocycles. The Hall–Kier alpha value is -3.13. The van der Waals surface area contributed by atoms with Gasteiger partial charge in [-0.25, -0.2) is 4.98 Å². The van der Waals surface area contributed by atoms with Crippen LogP contribution in [0.3, 0.4) is 0 Å². The Kier molecular flexibility index (Phi) is 4.78. The third-order valence-corrected chi connectivity index (χ3v) is 5.93. The highest BCUT2D eigenvalue weighted by molar-refractivity contribution is 6.04. The SMILES string of the molecule is COc1ccc2c(Nc3cc(C4CC4)[nH]n3)nc(C(=O)N3CCNCC3)c(C)c2c1. The number of hydrogen-bond acceptors (Lipinski definition) is 6. The summed E-state index contributed by atoms with van der Waals surface area (Å²) >= 11 is 0. The van der Waals surface area contributed by atoms with Gasteiger partial charge < -0.3 is 20.3 Å². The van der Waals surface area contributed by atoms with Gasteiger partial charge in [-0.3, -0.25) is 9.89 Å². The second-order valence-corrected chi connectivity index (χ2v) is 8.00. The molecule has 8 heteroatoms. The fourth-order valence-corrected chi connectivity index (χ4v) is 4.00. The predicted octanol–water partition coefficient (Wildman–Crippen LogP) is 2.94. The molecule has 2 aromatic heterocycles. The summed E-state index contributed by atoms with van der Waals surface area (Å²) in [5.41, 5.74) is 2.48. The van der Waals surface area contributed by atoms with E-state index in [2.05, 4.69) is 20.8 Å². The van der Waals surface area contributed by atoms with Crippen LogP contribution in [0.15, 0.2) is 24.3 Å². The van der Waals surface area contributed by atoms with E-state index in [0.29, 0.717) is 36.3 Å². The number of aryl methyl sites for hydroxylation is 1. The molecule has 1 aliphatic heterocycles. The normalized spacial score (nSPS) is 16.7. The standard InChI is InChI=1S/C22H26N6O2/c1-13-17-11-15(30-2)5-6-16(17)21(24-19-12-18(26-27-19)14-3-4-14)25-20(13)22(29)28-9-7-23-8-10-28/h5-6,11-12,14,23H,3-4,7-10H2,1-2H3,(H2,24,25,26,27). The number of fused-ring (bicyclic) bond motifs is 1. The van der Waals surface area contributed by atoms with Gasteiger partial charge in [0, 0.05) is 49.2 Å². The predicted molar refractivity (Wildman–Crippen MR) is 116 cm³/mol. The number of aromatic nitrogens is 3. The van der Waals surface area contributed by atoms with Gasteiger partial charge in [0.2, 0.25) is 0 Å². The first-order valence-corrected chi connectivity index (χ1v) is 10.4. The van der Waals surface area contributed by atoms with E-state index in [1.807, 2.05) is 36.1 Å². The average Bonchev–Trinajstić information content (AvgIpc) is 3.54. The van der Waals surface area contributed by atoms with Crippen LogP contribution in [0.25, 0.3) is 10.8 Å². The number of amides is 1. The van der Waals surface area contributed by atoms with Crippen molar-refractivity contribution in [1.82, 2.24) is 25.4 Å². The fourth-order valence-electron chi connectivity index (χ4n) is 4.00. The summed E-state index contributed by atoms with van der Waals surface area (Å²) < 4.78 is 5.43. The highest BCUT2D eigenvalue weighted by Crippen LogP contribution is 2.40.